The first-order valence-electron chi connectivity index (χ1n) is 8.53. The zero-order chi connectivity index (χ0) is 19.7. The summed E-state index contributed by atoms with van der Waals surface area (Å²) in [4.78, 5) is 37.7. The van der Waals surface area contributed by atoms with Crippen LogP contribution in [0.15, 0.2) is 39.9 Å². The summed E-state index contributed by atoms with van der Waals surface area (Å²) in [5.41, 5.74) is 0.272. The van der Waals surface area contributed by atoms with Gasteiger partial charge in [-0.15, -0.1) is 11.3 Å². The number of benzene rings is 1. The van der Waals surface area contributed by atoms with Gasteiger partial charge in [-0.2, -0.15) is 0 Å². The van der Waals surface area contributed by atoms with Gasteiger partial charge in [-0.1, -0.05) is 30.3 Å². The molecule has 0 radical (unpaired) electrons. The van der Waals surface area contributed by atoms with E-state index in [0.717, 1.165) is 21.5 Å². The highest BCUT2D eigenvalue weighted by Crippen LogP contribution is 2.28. The lowest BCUT2D eigenvalue weighted by Gasteiger charge is -2.13. The van der Waals surface area contributed by atoms with E-state index in [1.165, 1.54) is 11.5 Å². The highest BCUT2D eigenvalue weighted by Gasteiger charge is 2.23. The lowest BCUT2D eigenvalue weighted by atomic mass is 10.1. The third-order valence-corrected chi connectivity index (χ3v) is 5.70. The van der Waals surface area contributed by atoms with Crippen molar-refractivity contribution in [2.24, 2.45) is 0 Å². The molecule has 3 rings (SSSR count). The van der Waals surface area contributed by atoms with Gasteiger partial charge in [-0.25, -0.2) is 9.59 Å². The van der Waals surface area contributed by atoms with Crippen LogP contribution in [0.2, 0.25) is 0 Å². The van der Waals surface area contributed by atoms with E-state index in [4.69, 9.17) is 0 Å². The van der Waals surface area contributed by atoms with E-state index >= 15 is 0 Å². The molecular weight excluding hydrogens is 368 g/mol. The maximum Gasteiger partial charge on any atom is 0.346 e. The number of carbonyl (C=O) groups is 1. The minimum atomic E-state index is -1.13. The summed E-state index contributed by atoms with van der Waals surface area (Å²) >= 11 is 0.937. The molecule has 8 heteroatoms. The Labute approximate surface area is 158 Å². The van der Waals surface area contributed by atoms with Gasteiger partial charge in [-0.05, 0) is 31.4 Å². The lowest BCUT2D eigenvalue weighted by Crippen LogP contribution is -2.42. The second kappa shape index (κ2) is 7.50. The summed E-state index contributed by atoms with van der Waals surface area (Å²) in [6.45, 7) is 3.23. The van der Waals surface area contributed by atoms with Crippen LogP contribution in [0.1, 0.15) is 27.7 Å². The molecule has 1 aromatic carbocycles. The van der Waals surface area contributed by atoms with Gasteiger partial charge in [0.1, 0.15) is 9.71 Å². The van der Waals surface area contributed by atoms with Crippen LogP contribution in [0.25, 0.3) is 10.2 Å². The first-order chi connectivity index (χ1) is 12.8. The van der Waals surface area contributed by atoms with Crippen LogP contribution in [-0.2, 0) is 19.5 Å². The molecule has 7 nitrogen and oxygen atoms in total. The van der Waals surface area contributed by atoms with Crippen molar-refractivity contribution in [2.75, 3.05) is 0 Å². The summed E-state index contributed by atoms with van der Waals surface area (Å²) < 4.78 is 2.43. The predicted molar refractivity (Wildman–Crippen MR) is 104 cm³/mol. The maximum atomic E-state index is 12.9. The van der Waals surface area contributed by atoms with Gasteiger partial charge in [0.15, 0.2) is 0 Å². The molecule has 142 valence electrons. The normalized spacial score (nSPS) is 12.4. The second-order valence-corrected chi connectivity index (χ2v) is 7.48. The summed E-state index contributed by atoms with van der Waals surface area (Å²) in [6, 6.07) is 9.59. The van der Waals surface area contributed by atoms with Crippen molar-refractivity contribution in [1.29, 1.82) is 0 Å². The topological polar surface area (TPSA) is 102 Å². The quantitative estimate of drug-likeness (QED) is 0.671. The third-order valence-electron chi connectivity index (χ3n) is 4.40. The highest BCUT2D eigenvalue weighted by atomic mass is 32.1. The lowest BCUT2D eigenvalue weighted by molar-refractivity contribution is 0.0701. The zero-order valence-electron chi connectivity index (χ0n) is 15.0. The Morgan fingerprint density at radius 1 is 1.19 bits per heavy atom. The number of hydrogen-bond donors (Lipinski definition) is 2. The van der Waals surface area contributed by atoms with Gasteiger partial charge >= 0.3 is 11.7 Å². The number of hydrogen-bond acceptors (Lipinski definition) is 5. The Kier molecular flexibility index (Phi) is 5.29. The molecule has 0 aliphatic carbocycles. The molecule has 3 aromatic rings. The molecule has 0 unspecified atom stereocenters. The van der Waals surface area contributed by atoms with Crippen molar-refractivity contribution in [3.05, 3.63) is 67.2 Å². The number of carboxylic acid groups (broad SMARTS) is 1. The van der Waals surface area contributed by atoms with Crippen molar-refractivity contribution >= 4 is 27.5 Å². The van der Waals surface area contributed by atoms with E-state index < -0.39 is 23.3 Å². The number of nitrogens with zero attached hydrogens (tertiary/aromatic N) is 2. The molecule has 0 aliphatic heterocycles. The molecule has 0 aliphatic rings. The molecule has 0 amide bonds. The number of aryl methyl sites for hydroxylation is 3. The van der Waals surface area contributed by atoms with E-state index in [0.29, 0.717) is 23.4 Å². The minimum absolute atomic E-state index is 0.0461. The van der Waals surface area contributed by atoms with Crippen LogP contribution in [0, 0.1) is 6.92 Å². The number of aromatic carboxylic acids is 1. The van der Waals surface area contributed by atoms with Crippen molar-refractivity contribution in [2.45, 2.75) is 39.5 Å². The monoisotopic (exact) mass is 388 g/mol. The minimum Gasteiger partial charge on any atom is -0.477 e. The summed E-state index contributed by atoms with van der Waals surface area (Å²) in [5, 5.41) is 19.3. The standard InChI is InChI=1S/C19H20N2O5S/c1-11(22)10-21-16(23)14-12(2)15(18(24)25)27-17(14)20(19(21)26)9-8-13-6-4-3-5-7-13/h3-7,11,22H,8-10H2,1-2H3,(H,24,25)/t11-/m0/s1. The van der Waals surface area contributed by atoms with Crippen LogP contribution in [0.4, 0.5) is 0 Å². The average Bonchev–Trinajstić information content (AvgIpc) is 2.97. The van der Waals surface area contributed by atoms with Crippen molar-refractivity contribution in [1.82, 2.24) is 9.13 Å². The molecule has 0 bridgehead atoms. The third kappa shape index (κ3) is 3.58. The Balaban J connectivity index is 2.23. The van der Waals surface area contributed by atoms with Crippen molar-refractivity contribution < 1.29 is 15.0 Å². The number of aliphatic hydroxyl groups is 1. The van der Waals surface area contributed by atoms with Gasteiger partial charge in [0, 0.05) is 6.54 Å². The van der Waals surface area contributed by atoms with E-state index in [2.05, 4.69) is 0 Å². The van der Waals surface area contributed by atoms with Crippen LogP contribution in [-0.4, -0.2) is 31.4 Å². The van der Waals surface area contributed by atoms with Crippen LogP contribution in [0.5, 0.6) is 0 Å². The van der Waals surface area contributed by atoms with Crippen LogP contribution in [0.3, 0.4) is 0 Å². The van der Waals surface area contributed by atoms with E-state index in [1.807, 2.05) is 30.3 Å². The second-order valence-electron chi connectivity index (χ2n) is 6.48. The molecule has 0 saturated carbocycles. The number of aliphatic hydroxyl groups excluding tert-OH is 1. The molecule has 0 saturated heterocycles. The number of thiophene rings is 1. The number of aromatic nitrogens is 2. The Morgan fingerprint density at radius 2 is 1.85 bits per heavy atom. The van der Waals surface area contributed by atoms with Crippen LogP contribution >= 0.6 is 11.3 Å². The molecular formula is C19H20N2O5S. The largest absolute Gasteiger partial charge is 0.477 e. The number of fused-ring (bicyclic) bond motifs is 1. The first kappa shape index (κ1) is 19.1. The Hall–Kier alpha value is -2.71. The van der Waals surface area contributed by atoms with Crippen LogP contribution < -0.4 is 11.2 Å². The fourth-order valence-corrected chi connectivity index (χ4v) is 4.26. The van der Waals surface area contributed by atoms with E-state index in [-0.39, 0.29) is 16.8 Å². The predicted octanol–water partition coefficient (Wildman–Crippen LogP) is 1.85. The smallest absolute Gasteiger partial charge is 0.346 e. The maximum absolute atomic E-state index is 12.9. The van der Waals surface area contributed by atoms with E-state index in [1.54, 1.807) is 6.92 Å². The Morgan fingerprint density at radius 3 is 2.44 bits per heavy atom. The zero-order valence-corrected chi connectivity index (χ0v) is 15.8. The average molecular weight is 388 g/mol. The molecule has 1 atom stereocenters. The number of rotatable bonds is 6. The first-order valence-corrected chi connectivity index (χ1v) is 9.35. The molecule has 0 fully saturated rings. The fraction of sp³-hybridized carbons (Fsp3) is 0.316. The SMILES string of the molecule is Cc1c(C(=O)O)sc2c1c(=O)n(C[C@H](C)O)c(=O)n2CCc1ccccc1. The molecule has 2 heterocycles. The van der Waals surface area contributed by atoms with Crippen molar-refractivity contribution in [3.63, 3.8) is 0 Å². The molecule has 2 aromatic heterocycles. The molecule has 27 heavy (non-hydrogen) atoms. The summed E-state index contributed by atoms with van der Waals surface area (Å²) in [6.07, 6.45) is -0.324. The summed E-state index contributed by atoms with van der Waals surface area (Å²) in [7, 11) is 0. The van der Waals surface area contributed by atoms with Gasteiger partial charge < -0.3 is 10.2 Å². The van der Waals surface area contributed by atoms with E-state index in [9.17, 15) is 24.6 Å². The van der Waals surface area contributed by atoms with Gasteiger partial charge in [0.2, 0.25) is 0 Å². The summed E-state index contributed by atoms with van der Waals surface area (Å²) in [5.74, 6) is -1.13. The van der Waals surface area contributed by atoms with Gasteiger partial charge in [0.05, 0.1) is 18.0 Å². The van der Waals surface area contributed by atoms with Crippen molar-refractivity contribution in [3.8, 4) is 0 Å². The van der Waals surface area contributed by atoms with Gasteiger partial charge in [-0.3, -0.25) is 13.9 Å². The molecule has 2 N–H and O–H groups in total. The number of carboxylic acids is 1. The van der Waals surface area contributed by atoms with Gasteiger partial charge in [0.25, 0.3) is 5.56 Å². The molecule has 0 spiro atoms. The fourth-order valence-electron chi connectivity index (χ4n) is 3.11. The Bertz CT molecular complexity index is 1110. The highest BCUT2D eigenvalue weighted by molar-refractivity contribution is 7.20.